The molecule has 0 unspecified atom stereocenters. The van der Waals surface area contributed by atoms with E-state index in [9.17, 15) is 0 Å². The summed E-state index contributed by atoms with van der Waals surface area (Å²) in [5.74, 6) is 0. The van der Waals surface area contributed by atoms with Gasteiger partial charge in [0.05, 0.1) is 5.09 Å². The van der Waals surface area contributed by atoms with E-state index in [4.69, 9.17) is 15.3 Å². The molecule has 0 aliphatic carbocycles. The van der Waals surface area contributed by atoms with Crippen molar-refractivity contribution in [1.29, 1.82) is 0 Å². The van der Waals surface area contributed by atoms with Crippen LogP contribution in [-0.2, 0) is 17.1 Å². The van der Waals surface area contributed by atoms with E-state index in [0.717, 1.165) is 0 Å². The summed E-state index contributed by atoms with van der Waals surface area (Å²) < 4.78 is 0. The molecule has 0 aliphatic rings. The van der Waals surface area contributed by atoms with E-state index in [0.29, 0.717) is 0 Å². The maximum absolute atomic E-state index is 8.25. The van der Waals surface area contributed by atoms with Crippen LogP contribution in [0.5, 0.6) is 0 Å². The van der Waals surface area contributed by atoms with Gasteiger partial charge >= 0.3 is 0 Å². The third kappa shape index (κ3) is 1960. The van der Waals surface area contributed by atoms with Gasteiger partial charge in [-0.15, -0.1) is 0 Å². The Labute approximate surface area is 71.3 Å². The van der Waals surface area contributed by atoms with Gasteiger partial charge in [-0.25, -0.2) is 0 Å². The molecule has 0 rings (SSSR count). The first-order chi connectivity index (χ1) is 1.73. The quantitative estimate of drug-likeness (QED) is 0.222. The summed E-state index contributed by atoms with van der Waals surface area (Å²) in [6.07, 6.45) is 0. The second kappa shape index (κ2) is 111. The van der Waals surface area contributed by atoms with Gasteiger partial charge in [-0.2, -0.15) is 0 Å². The van der Waals surface area contributed by atoms with E-state index in [1.54, 1.807) is 0 Å². The molecule has 0 spiro atoms. The Hall–Kier alpha value is -0.521. The zero-order valence-electron chi connectivity index (χ0n) is 5.05. The zero-order valence-corrected chi connectivity index (χ0v) is 6.23. The Morgan fingerprint density at radius 3 is 0.727 bits per heavy atom. The maximum atomic E-state index is 8.25. The van der Waals surface area contributed by atoms with Crippen LogP contribution in [0, 0.1) is 15.3 Å². The normalized spacial score (nSPS) is 2.18. The van der Waals surface area contributed by atoms with Gasteiger partial charge in [-0.05, 0) is 0 Å². The van der Waals surface area contributed by atoms with Gasteiger partial charge in [0.15, 0.2) is 0 Å². The Kier molecular flexibility index (Phi) is 1540. The molecule has 0 heterocycles. The molecule has 0 fully saturated rings. The maximum Gasteiger partial charge on any atom is 0.0689 e. The van der Waals surface area contributed by atoms with Gasteiger partial charge in [-0.3, -0.25) is 0 Å². The molecule has 11 heteroatoms. The fraction of sp³-hybridized carbons (Fsp3) is 0. The van der Waals surface area contributed by atoms with Crippen LogP contribution >= 0.6 is 0 Å². The Morgan fingerprint density at radius 2 is 0.727 bits per heavy atom. The molecule has 0 amide bonds. The molecule has 0 aliphatic heterocycles. The number of rotatable bonds is 0. The van der Waals surface area contributed by atoms with Crippen molar-refractivity contribution in [3.05, 3.63) is 15.3 Å². The molecule has 12 N–H and O–H groups in total. The molecule has 0 aromatic carbocycles. The van der Waals surface area contributed by atoms with Gasteiger partial charge < -0.3 is 48.2 Å². The van der Waals surface area contributed by atoms with Gasteiger partial charge in [0.1, 0.15) is 0 Å². The van der Waals surface area contributed by atoms with E-state index >= 15 is 0 Å². The molecular weight excluding hydrogens is 213 g/mol. The van der Waals surface area contributed by atoms with Crippen molar-refractivity contribution < 1.29 is 55.0 Å². The monoisotopic (exact) mass is 225 g/mol. The van der Waals surface area contributed by atoms with Crippen LogP contribution in [0.1, 0.15) is 0 Å². The van der Waals surface area contributed by atoms with Crippen molar-refractivity contribution in [2.24, 2.45) is 0 Å². The number of nitrogens with zero attached hydrogens (tertiary/aromatic N) is 1. The fourth-order valence-corrected chi connectivity index (χ4v) is 0. The Balaban J connectivity index is -0.00000000214. The van der Waals surface area contributed by atoms with Crippen molar-refractivity contribution in [3.8, 4) is 0 Å². The topological polar surface area (TPSA) is 255 Å². The number of hydrogen-bond donors (Lipinski definition) is 0. The number of hydrogen-bond acceptors (Lipinski definition) is 3. The molecule has 79 valence electrons. The Morgan fingerprint density at radius 1 is 0.727 bits per heavy atom. The molecule has 0 atom stereocenters. The predicted octanol–water partition coefficient (Wildman–Crippen LogP) is -5.19. The van der Waals surface area contributed by atoms with Gasteiger partial charge in [0, 0.05) is 17.1 Å². The first-order valence-corrected chi connectivity index (χ1v) is 0.548. The summed E-state index contributed by atoms with van der Waals surface area (Å²) in [4.78, 5) is 8.25. The summed E-state index contributed by atoms with van der Waals surface area (Å²) in [6.45, 7) is 0. The van der Waals surface area contributed by atoms with E-state index in [1.165, 1.54) is 0 Å². The Bertz CT molecular complexity index is 32.5. The predicted molar refractivity (Wildman–Crippen MR) is 32.0 cm³/mol. The SMILES string of the molecule is O.O.O.O.O.O.O=[N+]([O-])[O-].[Mn]. The summed E-state index contributed by atoms with van der Waals surface area (Å²) in [5, 5.41) is 14.8. The smallest absolute Gasteiger partial charge is 0.0689 e. The van der Waals surface area contributed by atoms with E-state index in [1.807, 2.05) is 0 Å². The largest absolute Gasteiger partial charge is 0.412 e. The van der Waals surface area contributed by atoms with Crippen LogP contribution in [-0.4, -0.2) is 37.9 Å². The third-order valence-corrected chi connectivity index (χ3v) is 0. The minimum Gasteiger partial charge on any atom is -0.412 e. The first kappa shape index (κ1) is 153. The average molecular weight is 225 g/mol. The van der Waals surface area contributed by atoms with Crippen molar-refractivity contribution in [3.63, 3.8) is 0 Å². The van der Waals surface area contributed by atoms with Crippen LogP contribution in [0.2, 0.25) is 0 Å². The second-order valence-corrected chi connectivity index (χ2v) is 0.224. The summed E-state index contributed by atoms with van der Waals surface area (Å²) >= 11 is 0. The van der Waals surface area contributed by atoms with Crippen molar-refractivity contribution in [2.45, 2.75) is 0 Å². The van der Waals surface area contributed by atoms with Crippen molar-refractivity contribution in [1.82, 2.24) is 0 Å². The summed E-state index contributed by atoms with van der Waals surface area (Å²) in [6, 6.07) is 0. The van der Waals surface area contributed by atoms with Crippen LogP contribution in [0.4, 0.5) is 0 Å². The van der Waals surface area contributed by atoms with Crippen LogP contribution < -0.4 is 0 Å². The minimum absolute atomic E-state index is 0. The molecule has 11 heavy (non-hydrogen) atoms. The fourth-order valence-electron chi connectivity index (χ4n) is 0. The zero-order chi connectivity index (χ0) is 3.58. The molecule has 0 aromatic rings. The molecule has 1 radical (unpaired) electrons. The molecule has 0 saturated heterocycles. The minimum atomic E-state index is -1.75. The van der Waals surface area contributed by atoms with Gasteiger partial charge in [-0.1, -0.05) is 0 Å². The van der Waals surface area contributed by atoms with Gasteiger partial charge in [0.25, 0.3) is 0 Å². The standard InChI is InChI=1S/Mn.NO3.6H2O/c;2-1(3)4;;;;;;/h;;6*1H2/q;-1;;;;;;. The molecular formula is H12MnNO9-. The van der Waals surface area contributed by atoms with Crippen molar-refractivity contribution >= 4 is 0 Å². The average Bonchev–Trinajstić information content (AvgIpc) is 0.811. The summed E-state index contributed by atoms with van der Waals surface area (Å²) in [7, 11) is 0. The van der Waals surface area contributed by atoms with Crippen LogP contribution in [0.3, 0.4) is 0 Å². The molecule has 0 saturated carbocycles. The van der Waals surface area contributed by atoms with Crippen LogP contribution in [0.15, 0.2) is 0 Å². The molecule has 10 nitrogen and oxygen atoms in total. The van der Waals surface area contributed by atoms with Crippen LogP contribution in [0.25, 0.3) is 0 Å². The second-order valence-electron chi connectivity index (χ2n) is 0.224. The van der Waals surface area contributed by atoms with E-state index in [-0.39, 0.29) is 49.9 Å². The molecule has 0 bridgehead atoms. The summed E-state index contributed by atoms with van der Waals surface area (Å²) in [5.41, 5.74) is 0. The van der Waals surface area contributed by atoms with Gasteiger partial charge in [0.2, 0.25) is 0 Å². The first-order valence-electron chi connectivity index (χ1n) is 0.548. The molecule has 0 aromatic heterocycles. The van der Waals surface area contributed by atoms with Crippen molar-refractivity contribution in [2.75, 3.05) is 0 Å². The third-order valence-electron chi connectivity index (χ3n) is 0. The van der Waals surface area contributed by atoms with E-state index in [2.05, 4.69) is 0 Å². The van der Waals surface area contributed by atoms with E-state index < -0.39 is 5.09 Å².